The molecule has 0 radical (unpaired) electrons. The molecule has 2 aliphatic rings. The Labute approximate surface area is 158 Å². The normalized spacial score (nSPS) is 22.6. The molecule has 3 nitrogen and oxygen atoms in total. The third-order valence-electron chi connectivity index (χ3n) is 4.88. The van der Waals surface area contributed by atoms with Crippen molar-refractivity contribution in [1.82, 2.24) is 4.90 Å². The van der Waals surface area contributed by atoms with Gasteiger partial charge in [-0.15, -0.1) is 11.8 Å². The number of carbonyl (C=O) groups is 1. The predicted molar refractivity (Wildman–Crippen MR) is 108 cm³/mol. The number of nitrogens with zero attached hydrogens (tertiary/aromatic N) is 2. The highest BCUT2D eigenvalue weighted by molar-refractivity contribution is 7.99. The van der Waals surface area contributed by atoms with Gasteiger partial charge in [0.25, 0.3) is 5.91 Å². The van der Waals surface area contributed by atoms with Crippen LogP contribution in [0.1, 0.15) is 29.0 Å². The van der Waals surface area contributed by atoms with Gasteiger partial charge in [-0.2, -0.15) is 0 Å². The van der Waals surface area contributed by atoms with E-state index in [0.29, 0.717) is 5.11 Å². The highest BCUT2D eigenvalue weighted by Crippen LogP contribution is 2.46. The molecule has 2 atom stereocenters. The van der Waals surface area contributed by atoms with E-state index in [2.05, 4.69) is 55.1 Å². The number of aryl methyl sites for hydroxylation is 2. The highest BCUT2D eigenvalue weighted by Gasteiger charge is 2.50. The van der Waals surface area contributed by atoms with E-state index in [-0.39, 0.29) is 17.3 Å². The number of carbonyl (C=O) groups excluding carboxylic acids is 1. The van der Waals surface area contributed by atoms with Crippen molar-refractivity contribution < 1.29 is 4.79 Å². The van der Waals surface area contributed by atoms with Crippen LogP contribution < -0.4 is 4.90 Å². The Hall–Kier alpha value is -1.85. The molecular weight excluding hydrogens is 348 g/mol. The van der Waals surface area contributed by atoms with Gasteiger partial charge in [-0.3, -0.25) is 9.69 Å². The summed E-state index contributed by atoms with van der Waals surface area (Å²) in [7, 11) is 0. The summed E-state index contributed by atoms with van der Waals surface area (Å²) in [5.74, 6) is 0.873. The molecule has 0 aliphatic carbocycles. The smallest absolute Gasteiger partial charge is 0.257 e. The second-order valence-electron chi connectivity index (χ2n) is 6.50. The first-order chi connectivity index (χ1) is 12.1. The van der Waals surface area contributed by atoms with Crippen molar-refractivity contribution in [2.45, 2.75) is 31.7 Å². The van der Waals surface area contributed by atoms with Crippen LogP contribution in [-0.2, 0) is 11.2 Å². The molecule has 5 heteroatoms. The first-order valence-electron chi connectivity index (χ1n) is 8.53. The van der Waals surface area contributed by atoms with Crippen molar-refractivity contribution in [3.05, 3.63) is 65.2 Å². The predicted octanol–water partition coefficient (Wildman–Crippen LogP) is 4.31. The maximum Gasteiger partial charge on any atom is 0.257 e. The number of anilines is 1. The Morgan fingerprint density at radius 2 is 1.80 bits per heavy atom. The van der Waals surface area contributed by atoms with Crippen molar-refractivity contribution in [3.63, 3.8) is 0 Å². The van der Waals surface area contributed by atoms with Crippen LogP contribution in [0.15, 0.2) is 48.5 Å². The van der Waals surface area contributed by atoms with Crippen molar-refractivity contribution in [2.75, 3.05) is 10.7 Å². The SMILES string of the molecule is CCc1ccc(N2C(=O)[C@H]3CS[C@H](c4ccc(C)cc4)N3C2=S)cc1. The molecule has 2 aromatic rings. The van der Waals surface area contributed by atoms with Crippen LogP contribution in [0.4, 0.5) is 5.69 Å². The lowest BCUT2D eigenvalue weighted by atomic mass is 10.1. The van der Waals surface area contributed by atoms with E-state index in [0.717, 1.165) is 17.9 Å². The molecule has 2 fully saturated rings. The largest absolute Gasteiger partial charge is 0.319 e. The fourth-order valence-electron chi connectivity index (χ4n) is 3.40. The van der Waals surface area contributed by atoms with Crippen molar-refractivity contribution in [2.24, 2.45) is 0 Å². The second-order valence-corrected chi connectivity index (χ2v) is 7.97. The minimum Gasteiger partial charge on any atom is -0.319 e. The fourth-order valence-corrected chi connectivity index (χ4v) is 5.31. The van der Waals surface area contributed by atoms with E-state index in [1.807, 2.05) is 12.1 Å². The Morgan fingerprint density at radius 3 is 2.44 bits per heavy atom. The minimum atomic E-state index is -0.158. The van der Waals surface area contributed by atoms with Gasteiger partial charge in [0.05, 0.1) is 5.69 Å². The molecule has 25 heavy (non-hydrogen) atoms. The maximum absolute atomic E-state index is 13.0. The van der Waals surface area contributed by atoms with Gasteiger partial charge in [-0.1, -0.05) is 48.9 Å². The van der Waals surface area contributed by atoms with E-state index in [1.54, 1.807) is 16.7 Å². The summed E-state index contributed by atoms with van der Waals surface area (Å²) >= 11 is 7.51. The van der Waals surface area contributed by atoms with Crippen LogP contribution in [0.5, 0.6) is 0 Å². The van der Waals surface area contributed by atoms with Crippen molar-refractivity contribution in [3.8, 4) is 0 Å². The molecule has 0 N–H and O–H groups in total. The van der Waals surface area contributed by atoms with E-state index >= 15 is 0 Å². The molecule has 0 aromatic heterocycles. The maximum atomic E-state index is 13.0. The zero-order valence-electron chi connectivity index (χ0n) is 14.3. The van der Waals surface area contributed by atoms with Gasteiger partial charge in [0.15, 0.2) is 5.11 Å². The Balaban J connectivity index is 1.65. The molecule has 128 valence electrons. The van der Waals surface area contributed by atoms with Crippen LogP contribution in [0.25, 0.3) is 0 Å². The zero-order valence-corrected chi connectivity index (χ0v) is 15.9. The van der Waals surface area contributed by atoms with E-state index in [1.165, 1.54) is 16.7 Å². The lowest BCUT2D eigenvalue weighted by molar-refractivity contribution is -0.119. The average molecular weight is 369 g/mol. The summed E-state index contributed by atoms with van der Waals surface area (Å²) in [5, 5.41) is 0.733. The number of benzene rings is 2. The number of fused-ring (bicyclic) bond motifs is 1. The van der Waals surface area contributed by atoms with Crippen LogP contribution in [0.2, 0.25) is 0 Å². The molecule has 2 saturated heterocycles. The highest BCUT2D eigenvalue weighted by atomic mass is 32.2. The van der Waals surface area contributed by atoms with Gasteiger partial charge in [0.2, 0.25) is 0 Å². The number of hydrogen-bond donors (Lipinski definition) is 0. The van der Waals surface area contributed by atoms with Gasteiger partial charge in [-0.05, 0) is 48.8 Å². The molecule has 4 rings (SSSR count). The zero-order chi connectivity index (χ0) is 17.6. The monoisotopic (exact) mass is 368 g/mol. The van der Waals surface area contributed by atoms with Gasteiger partial charge in [-0.25, -0.2) is 0 Å². The summed E-state index contributed by atoms with van der Waals surface area (Å²) in [6, 6.07) is 16.5. The van der Waals surface area contributed by atoms with Gasteiger partial charge >= 0.3 is 0 Å². The molecule has 0 bridgehead atoms. The third kappa shape index (κ3) is 2.75. The Bertz CT molecular complexity index is 817. The number of hydrogen-bond acceptors (Lipinski definition) is 3. The average Bonchev–Trinajstić information content (AvgIpc) is 3.17. The van der Waals surface area contributed by atoms with E-state index < -0.39 is 0 Å². The Morgan fingerprint density at radius 1 is 1.12 bits per heavy atom. The lowest BCUT2D eigenvalue weighted by Crippen LogP contribution is -2.33. The number of rotatable bonds is 3. The summed E-state index contributed by atoms with van der Waals surface area (Å²) in [6.07, 6.45) is 0.986. The molecular formula is C20H20N2OS2. The van der Waals surface area contributed by atoms with E-state index in [4.69, 9.17) is 12.2 Å². The summed E-state index contributed by atoms with van der Waals surface area (Å²) in [4.78, 5) is 16.8. The molecule has 1 amide bonds. The van der Waals surface area contributed by atoms with Crippen LogP contribution >= 0.6 is 24.0 Å². The third-order valence-corrected chi connectivity index (χ3v) is 6.60. The lowest BCUT2D eigenvalue weighted by Gasteiger charge is -2.25. The van der Waals surface area contributed by atoms with Gasteiger partial charge in [0, 0.05) is 5.75 Å². The molecule has 2 aliphatic heterocycles. The number of thioether (sulfide) groups is 1. The van der Waals surface area contributed by atoms with Gasteiger partial charge < -0.3 is 4.90 Å². The van der Waals surface area contributed by atoms with Crippen LogP contribution in [-0.4, -0.2) is 27.7 Å². The van der Waals surface area contributed by atoms with Crippen LogP contribution in [0, 0.1) is 6.92 Å². The summed E-state index contributed by atoms with van der Waals surface area (Å²) in [5.41, 5.74) is 4.57. The topological polar surface area (TPSA) is 23.6 Å². The summed E-state index contributed by atoms with van der Waals surface area (Å²) < 4.78 is 0. The number of amides is 1. The first kappa shape index (κ1) is 16.6. The quantitative estimate of drug-likeness (QED) is 0.754. The fraction of sp³-hybridized carbons (Fsp3) is 0.300. The van der Waals surface area contributed by atoms with E-state index in [9.17, 15) is 4.79 Å². The second kappa shape index (κ2) is 6.46. The minimum absolute atomic E-state index is 0.0939. The molecule has 0 unspecified atom stereocenters. The van der Waals surface area contributed by atoms with Crippen LogP contribution in [0.3, 0.4) is 0 Å². The van der Waals surface area contributed by atoms with Gasteiger partial charge in [0.1, 0.15) is 11.4 Å². The standard InChI is InChI=1S/C20H20N2OS2/c1-3-14-6-10-16(11-7-14)21-18(23)17-12-25-19(22(17)20(21)24)15-8-4-13(2)5-9-15/h4-11,17,19H,3,12H2,1-2H3/t17-,19-/m1/s1. The van der Waals surface area contributed by atoms with Crippen molar-refractivity contribution >= 4 is 40.7 Å². The summed E-state index contributed by atoms with van der Waals surface area (Å²) in [6.45, 7) is 4.21. The molecule has 2 aromatic carbocycles. The number of thiocarbonyl (C=S) groups is 1. The molecule has 0 spiro atoms. The van der Waals surface area contributed by atoms with Crippen molar-refractivity contribution in [1.29, 1.82) is 0 Å². The molecule has 0 saturated carbocycles. The first-order valence-corrected chi connectivity index (χ1v) is 9.99. The Kier molecular flexibility index (Phi) is 4.29. The molecule has 2 heterocycles.